The summed E-state index contributed by atoms with van der Waals surface area (Å²) in [5.74, 6) is 1.82. The highest BCUT2D eigenvalue weighted by molar-refractivity contribution is 7.89. The summed E-state index contributed by atoms with van der Waals surface area (Å²) < 4.78 is 39.6. The lowest BCUT2D eigenvalue weighted by molar-refractivity contribution is 0.251. The van der Waals surface area contributed by atoms with Crippen LogP contribution < -0.4 is 9.64 Å². The van der Waals surface area contributed by atoms with Gasteiger partial charge in [-0.15, -0.1) is 0 Å². The minimum absolute atomic E-state index is 0.168. The standard InChI is InChI=1S/C23H28N4O4S/c1-17-14-18(2)25-23(24-17)26-11-9-19(10-12-26)27(16-21-7-5-13-31-21)32(28,29)22-8-4-6-20(15-22)30-3/h4-8,13-15,19H,9-12,16H2,1-3H3. The first-order chi connectivity index (χ1) is 15.4. The average Bonchev–Trinajstić information content (AvgIpc) is 3.30. The normalized spacial score (nSPS) is 15.3. The van der Waals surface area contributed by atoms with Gasteiger partial charge in [0.15, 0.2) is 0 Å². The van der Waals surface area contributed by atoms with Crippen LogP contribution in [0.2, 0.25) is 0 Å². The van der Waals surface area contributed by atoms with E-state index in [4.69, 9.17) is 9.15 Å². The molecule has 0 saturated carbocycles. The number of nitrogens with zero attached hydrogens (tertiary/aromatic N) is 4. The summed E-state index contributed by atoms with van der Waals surface area (Å²) in [6, 6.07) is 11.9. The molecule has 8 nitrogen and oxygen atoms in total. The quantitative estimate of drug-likeness (QED) is 0.537. The van der Waals surface area contributed by atoms with Crippen molar-refractivity contribution >= 4 is 16.0 Å². The number of methoxy groups -OCH3 is 1. The Hall–Kier alpha value is -2.91. The van der Waals surface area contributed by atoms with Crippen LogP contribution in [0.5, 0.6) is 5.75 Å². The van der Waals surface area contributed by atoms with E-state index in [1.54, 1.807) is 47.0 Å². The molecule has 0 radical (unpaired) electrons. The van der Waals surface area contributed by atoms with Crippen molar-refractivity contribution in [3.05, 3.63) is 65.9 Å². The molecule has 0 amide bonds. The molecule has 2 aromatic heterocycles. The number of piperidine rings is 1. The zero-order chi connectivity index (χ0) is 22.7. The smallest absolute Gasteiger partial charge is 0.243 e. The summed E-state index contributed by atoms with van der Waals surface area (Å²) >= 11 is 0. The van der Waals surface area contributed by atoms with E-state index in [9.17, 15) is 8.42 Å². The molecule has 1 fully saturated rings. The lowest BCUT2D eigenvalue weighted by Gasteiger charge is -2.37. The highest BCUT2D eigenvalue weighted by Crippen LogP contribution is 2.29. The number of furan rings is 1. The molecular formula is C23H28N4O4S. The largest absolute Gasteiger partial charge is 0.497 e. The highest BCUT2D eigenvalue weighted by atomic mass is 32.2. The number of hydrogen-bond acceptors (Lipinski definition) is 7. The molecular weight excluding hydrogens is 428 g/mol. The van der Waals surface area contributed by atoms with Gasteiger partial charge in [-0.2, -0.15) is 4.31 Å². The lowest BCUT2D eigenvalue weighted by atomic mass is 10.1. The van der Waals surface area contributed by atoms with Gasteiger partial charge < -0.3 is 14.1 Å². The molecule has 0 atom stereocenters. The van der Waals surface area contributed by atoms with E-state index in [1.807, 2.05) is 19.9 Å². The molecule has 3 aromatic rings. The molecule has 3 heterocycles. The molecule has 1 aliphatic heterocycles. The van der Waals surface area contributed by atoms with Gasteiger partial charge in [0.05, 0.1) is 24.8 Å². The van der Waals surface area contributed by atoms with Crippen LogP contribution >= 0.6 is 0 Å². The Morgan fingerprint density at radius 1 is 1.09 bits per heavy atom. The van der Waals surface area contributed by atoms with E-state index in [0.717, 1.165) is 11.4 Å². The van der Waals surface area contributed by atoms with Crippen molar-refractivity contribution in [1.29, 1.82) is 0 Å². The number of aryl methyl sites for hydroxylation is 2. The zero-order valence-corrected chi connectivity index (χ0v) is 19.4. The predicted octanol–water partition coefficient (Wildman–Crippen LogP) is 3.55. The predicted molar refractivity (Wildman–Crippen MR) is 121 cm³/mol. The Morgan fingerprint density at radius 3 is 2.44 bits per heavy atom. The second kappa shape index (κ2) is 9.30. The summed E-state index contributed by atoms with van der Waals surface area (Å²) in [6.07, 6.45) is 2.90. The lowest BCUT2D eigenvalue weighted by Crippen LogP contribution is -2.47. The Balaban J connectivity index is 1.58. The second-order valence-corrected chi connectivity index (χ2v) is 9.87. The van der Waals surface area contributed by atoms with Crippen LogP contribution in [0, 0.1) is 13.8 Å². The fraction of sp³-hybridized carbons (Fsp3) is 0.391. The van der Waals surface area contributed by atoms with Crippen molar-refractivity contribution in [3.63, 3.8) is 0 Å². The first-order valence-electron chi connectivity index (χ1n) is 10.6. The third-order valence-corrected chi connectivity index (χ3v) is 7.56. The van der Waals surface area contributed by atoms with Gasteiger partial charge in [0.25, 0.3) is 0 Å². The molecule has 1 aromatic carbocycles. The summed E-state index contributed by atoms with van der Waals surface area (Å²) in [5, 5.41) is 0. The fourth-order valence-corrected chi connectivity index (χ4v) is 5.75. The number of sulfonamides is 1. The second-order valence-electron chi connectivity index (χ2n) is 7.98. The molecule has 0 aliphatic carbocycles. The molecule has 0 bridgehead atoms. The van der Waals surface area contributed by atoms with Crippen molar-refractivity contribution < 1.29 is 17.6 Å². The summed E-state index contributed by atoms with van der Waals surface area (Å²) in [6.45, 7) is 5.44. The fourth-order valence-electron chi connectivity index (χ4n) is 4.07. The molecule has 0 spiro atoms. The van der Waals surface area contributed by atoms with Crippen LogP contribution in [0.4, 0.5) is 5.95 Å². The topological polar surface area (TPSA) is 88.8 Å². The summed E-state index contributed by atoms with van der Waals surface area (Å²) in [5.41, 5.74) is 1.85. The number of hydrogen-bond donors (Lipinski definition) is 0. The van der Waals surface area contributed by atoms with Gasteiger partial charge in [-0.05, 0) is 57.0 Å². The maximum Gasteiger partial charge on any atom is 0.243 e. The van der Waals surface area contributed by atoms with Crippen LogP contribution in [0.25, 0.3) is 0 Å². The van der Waals surface area contributed by atoms with Gasteiger partial charge in [-0.1, -0.05) is 6.07 Å². The molecule has 1 saturated heterocycles. The molecule has 4 rings (SSSR count). The Labute approximate surface area is 188 Å². The van der Waals surface area contributed by atoms with Crippen LogP contribution in [-0.2, 0) is 16.6 Å². The van der Waals surface area contributed by atoms with Crippen molar-refractivity contribution in [2.24, 2.45) is 0 Å². The third-order valence-electron chi connectivity index (χ3n) is 5.66. The van der Waals surface area contributed by atoms with Crippen molar-refractivity contribution in [3.8, 4) is 5.75 Å². The minimum Gasteiger partial charge on any atom is -0.497 e. The molecule has 0 unspecified atom stereocenters. The highest BCUT2D eigenvalue weighted by Gasteiger charge is 2.35. The molecule has 0 N–H and O–H groups in total. The number of rotatable bonds is 7. The van der Waals surface area contributed by atoms with E-state index >= 15 is 0 Å². The molecule has 9 heteroatoms. The monoisotopic (exact) mass is 456 g/mol. The first-order valence-corrected chi connectivity index (χ1v) is 12.1. The SMILES string of the molecule is COc1cccc(S(=O)(=O)N(Cc2ccco2)C2CCN(c3nc(C)cc(C)n3)CC2)c1. The van der Waals surface area contributed by atoms with Crippen molar-refractivity contribution in [1.82, 2.24) is 14.3 Å². The average molecular weight is 457 g/mol. The Bertz CT molecular complexity index is 1140. The Morgan fingerprint density at radius 2 is 1.81 bits per heavy atom. The van der Waals surface area contributed by atoms with Crippen LogP contribution in [0.3, 0.4) is 0 Å². The van der Waals surface area contributed by atoms with E-state index in [0.29, 0.717) is 43.4 Å². The maximum absolute atomic E-state index is 13.7. The minimum atomic E-state index is -3.76. The van der Waals surface area contributed by atoms with Crippen LogP contribution in [0.15, 0.2) is 58.0 Å². The van der Waals surface area contributed by atoms with Gasteiger partial charge >= 0.3 is 0 Å². The van der Waals surface area contributed by atoms with E-state index in [1.165, 1.54) is 7.11 Å². The number of ether oxygens (including phenoxy) is 1. The maximum atomic E-state index is 13.7. The number of benzene rings is 1. The van der Waals surface area contributed by atoms with E-state index in [2.05, 4.69) is 14.9 Å². The number of aromatic nitrogens is 2. The van der Waals surface area contributed by atoms with Gasteiger partial charge in [0.1, 0.15) is 11.5 Å². The van der Waals surface area contributed by atoms with Crippen molar-refractivity contribution in [2.45, 2.75) is 44.2 Å². The summed E-state index contributed by atoms with van der Waals surface area (Å²) in [4.78, 5) is 11.5. The first kappa shape index (κ1) is 22.3. The van der Waals surface area contributed by atoms with Gasteiger partial charge in [-0.25, -0.2) is 18.4 Å². The molecule has 1 aliphatic rings. The zero-order valence-electron chi connectivity index (χ0n) is 18.6. The van der Waals surface area contributed by atoms with Gasteiger partial charge in [0, 0.05) is 36.6 Å². The van der Waals surface area contributed by atoms with Crippen LogP contribution in [0.1, 0.15) is 30.0 Å². The van der Waals surface area contributed by atoms with Crippen LogP contribution in [-0.4, -0.2) is 48.9 Å². The van der Waals surface area contributed by atoms with Gasteiger partial charge in [0.2, 0.25) is 16.0 Å². The van der Waals surface area contributed by atoms with E-state index in [-0.39, 0.29) is 17.5 Å². The van der Waals surface area contributed by atoms with Gasteiger partial charge in [-0.3, -0.25) is 0 Å². The third kappa shape index (κ3) is 4.78. The molecule has 32 heavy (non-hydrogen) atoms. The summed E-state index contributed by atoms with van der Waals surface area (Å²) in [7, 11) is -2.24. The Kier molecular flexibility index (Phi) is 6.48. The number of anilines is 1. The van der Waals surface area contributed by atoms with E-state index < -0.39 is 10.0 Å². The molecule has 170 valence electrons. The van der Waals surface area contributed by atoms with Crippen molar-refractivity contribution in [2.75, 3.05) is 25.1 Å².